The fourth-order valence-corrected chi connectivity index (χ4v) is 1.46. The summed E-state index contributed by atoms with van der Waals surface area (Å²) < 4.78 is 4.79. The summed E-state index contributed by atoms with van der Waals surface area (Å²) in [6.45, 7) is 0. The summed E-state index contributed by atoms with van der Waals surface area (Å²) >= 11 is 0. The quantitative estimate of drug-likeness (QED) is 0.425. The number of carbonyl (C=O) groups is 1. The summed E-state index contributed by atoms with van der Waals surface area (Å²) in [5, 5.41) is 22.6. The van der Waals surface area contributed by atoms with Crippen LogP contribution in [0.4, 0.5) is 5.69 Å². The van der Waals surface area contributed by atoms with E-state index in [-0.39, 0.29) is 18.1 Å². The highest BCUT2D eigenvalue weighted by Crippen LogP contribution is 2.13. The zero-order chi connectivity index (χ0) is 14.5. The lowest BCUT2D eigenvalue weighted by atomic mass is 10.1. The largest absolute Gasteiger partial charge is 0.389 e. The van der Waals surface area contributed by atoms with E-state index >= 15 is 0 Å². The summed E-state index contributed by atoms with van der Waals surface area (Å²) in [5.74, 6) is -0.707. The number of nitro groups is 1. The Kier molecular flexibility index (Phi) is 3.96. The molecule has 0 fully saturated rings. The molecule has 1 atom stereocenters. The Labute approximate surface area is 112 Å². The molecule has 10 heteroatoms. The van der Waals surface area contributed by atoms with E-state index in [4.69, 9.17) is 10.5 Å². The number of nitro benzene ring substituents is 1. The second kappa shape index (κ2) is 5.84. The number of nitrogens with one attached hydrogen (secondary N) is 1. The van der Waals surface area contributed by atoms with Gasteiger partial charge in [0.1, 0.15) is 6.04 Å². The number of hydrogen-bond acceptors (Lipinski definition) is 8. The number of nitrogens with zero attached hydrogens (tertiary/aromatic N) is 4. The number of benzene rings is 1. The van der Waals surface area contributed by atoms with Crippen molar-refractivity contribution in [2.24, 2.45) is 5.73 Å². The number of non-ortho nitro benzene ring substituents is 1. The molecule has 0 spiro atoms. The average Bonchev–Trinajstić information content (AvgIpc) is 2.92. The van der Waals surface area contributed by atoms with Gasteiger partial charge in [-0.05, 0) is 22.4 Å². The molecule has 1 aromatic heterocycles. The van der Waals surface area contributed by atoms with Crippen LogP contribution in [0, 0.1) is 10.1 Å². The molecule has 2 rings (SSSR count). The van der Waals surface area contributed by atoms with Crippen LogP contribution in [0.1, 0.15) is 5.56 Å². The van der Waals surface area contributed by atoms with Crippen molar-refractivity contribution in [3.8, 4) is 6.01 Å². The predicted octanol–water partition coefficient (Wildman–Crippen LogP) is -0.417. The topological polar surface area (TPSA) is 150 Å². The minimum atomic E-state index is -0.929. The number of rotatable bonds is 5. The second-order valence-electron chi connectivity index (χ2n) is 3.86. The van der Waals surface area contributed by atoms with Gasteiger partial charge in [-0.2, -0.15) is 0 Å². The van der Waals surface area contributed by atoms with Crippen LogP contribution in [0.2, 0.25) is 0 Å². The molecule has 0 amide bonds. The first-order valence-corrected chi connectivity index (χ1v) is 5.50. The zero-order valence-electron chi connectivity index (χ0n) is 10.1. The number of aromatic amines is 1. The second-order valence-corrected chi connectivity index (χ2v) is 3.86. The van der Waals surface area contributed by atoms with Gasteiger partial charge in [-0.1, -0.05) is 17.2 Å². The van der Waals surface area contributed by atoms with E-state index in [1.54, 1.807) is 0 Å². The molecule has 3 N–H and O–H groups in total. The highest BCUT2D eigenvalue weighted by atomic mass is 16.6. The van der Waals surface area contributed by atoms with Crippen molar-refractivity contribution < 1.29 is 14.5 Å². The van der Waals surface area contributed by atoms with Crippen LogP contribution < -0.4 is 10.5 Å². The number of carbonyl (C=O) groups excluding carboxylic acids is 1. The Hall–Kier alpha value is -2.88. The molecule has 0 aliphatic carbocycles. The van der Waals surface area contributed by atoms with E-state index < -0.39 is 16.9 Å². The van der Waals surface area contributed by atoms with E-state index in [0.29, 0.717) is 5.56 Å². The number of nitrogens with two attached hydrogens (primary N) is 1. The number of H-pyrrole nitrogens is 1. The van der Waals surface area contributed by atoms with Gasteiger partial charge < -0.3 is 10.5 Å². The van der Waals surface area contributed by atoms with Crippen LogP contribution in [0.15, 0.2) is 24.3 Å². The SMILES string of the molecule is N[C@@H](Cc1ccc([N+](=O)[O-])cc1)C(=O)Oc1nnn[nH]1. The lowest BCUT2D eigenvalue weighted by Gasteiger charge is -2.09. The lowest BCUT2D eigenvalue weighted by Crippen LogP contribution is -2.36. The van der Waals surface area contributed by atoms with Crippen molar-refractivity contribution in [2.75, 3.05) is 0 Å². The Morgan fingerprint density at radius 2 is 2.15 bits per heavy atom. The number of aromatic nitrogens is 4. The maximum Gasteiger partial charge on any atom is 0.340 e. The van der Waals surface area contributed by atoms with E-state index in [1.165, 1.54) is 24.3 Å². The van der Waals surface area contributed by atoms with Crippen LogP contribution in [0.25, 0.3) is 0 Å². The zero-order valence-corrected chi connectivity index (χ0v) is 10.1. The van der Waals surface area contributed by atoms with Crippen molar-refractivity contribution in [1.29, 1.82) is 0 Å². The smallest absolute Gasteiger partial charge is 0.340 e. The van der Waals surface area contributed by atoms with Gasteiger partial charge in [0, 0.05) is 12.1 Å². The van der Waals surface area contributed by atoms with Crippen LogP contribution in [-0.2, 0) is 11.2 Å². The molecule has 0 aliphatic rings. The Balaban J connectivity index is 1.95. The summed E-state index contributed by atoms with van der Waals surface area (Å²) in [6.07, 6.45) is 0.179. The van der Waals surface area contributed by atoms with E-state index in [9.17, 15) is 14.9 Å². The molecule has 0 aliphatic heterocycles. The van der Waals surface area contributed by atoms with Gasteiger partial charge in [-0.3, -0.25) is 10.1 Å². The first kappa shape index (κ1) is 13.5. The fraction of sp³-hybridized carbons (Fsp3) is 0.200. The van der Waals surface area contributed by atoms with Gasteiger partial charge in [-0.25, -0.2) is 9.89 Å². The summed E-state index contributed by atoms with van der Waals surface area (Å²) in [4.78, 5) is 21.6. The minimum Gasteiger partial charge on any atom is -0.389 e. The minimum absolute atomic E-state index is 0.0300. The first-order valence-electron chi connectivity index (χ1n) is 5.50. The van der Waals surface area contributed by atoms with Gasteiger partial charge in [-0.15, -0.1) is 0 Å². The third-order valence-corrected chi connectivity index (χ3v) is 2.43. The molecule has 0 radical (unpaired) electrons. The number of esters is 1. The number of ether oxygens (including phenoxy) is 1. The molecule has 0 unspecified atom stereocenters. The lowest BCUT2D eigenvalue weighted by molar-refractivity contribution is -0.384. The van der Waals surface area contributed by atoms with Gasteiger partial charge in [0.15, 0.2) is 0 Å². The fourth-order valence-electron chi connectivity index (χ4n) is 1.46. The maximum absolute atomic E-state index is 11.6. The molecule has 104 valence electrons. The Morgan fingerprint density at radius 3 is 2.70 bits per heavy atom. The molecule has 10 nitrogen and oxygen atoms in total. The summed E-state index contributed by atoms with van der Waals surface area (Å²) in [5.41, 5.74) is 6.32. The van der Waals surface area contributed by atoms with E-state index in [1.807, 2.05) is 0 Å². The molecular weight excluding hydrogens is 268 g/mol. The molecule has 0 saturated carbocycles. The third kappa shape index (κ3) is 3.32. The van der Waals surface area contributed by atoms with Gasteiger partial charge in [0.2, 0.25) is 0 Å². The monoisotopic (exact) mass is 278 g/mol. The summed E-state index contributed by atoms with van der Waals surface area (Å²) in [7, 11) is 0. The Bertz CT molecular complexity index is 597. The van der Waals surface area contributed by atoms with E-state index in [0.717, 1.165) is 0 Å². The average molecular weight is 278 g/mol. The molecule has 0 saturated heterocycles. The van der Waals surface area contributed by atoms with Crippen LogP contribution >= 0.6 is 0 Å². The van der Waals surface area contributed by atoms with Crippen molar-refractivity contribution in [3.05, 3.63) is 39.9 Å². The van der Waals surface area contributed by atoms with Crippen LogP contribution in [-0.4, -0.2) is 37.6 Å². The van der Waals surface area contributed by atoms with E-state index in [2.05, 4.69) is 20.6 Å². The molecule has 1 aromatic carbocycles. The highest BCUT2D eigenvalue weighted by molar-refractivity contribution is 5.77. The first-order chi connectivity index (χ1) is 9.56. The van der Waals surface area contributed by atoms with Gasteiger partial charge in [0.25, 0.3) is 5.69 Å². The molecular formula is C10H10N6O4. The maximum atomic E-state index is 11.6. The Morgan fingerprint density at radius 1 is 1.45 bits per heavy atom. The van der Waals surface area contributed by atoms with Crippen molar-refractivity contribution in [1.82, 2.24) is 20.6 Å². The van der Waals surface area contributed by atoms with Gasteiger partial charge in [0.05, 0.1) is 4.92 Å². The van der Waals surface area contributed by atoms with Crippen molar-refractivity contribution in [2.45, 2.75) is 12.5 Å². The highest BCUT2D eigenvalue weighted by Gasteiger charge is 2.18. The summed E-state index contributed by atoms with van der Waals surface area (Å²) in [6, 6.07) is 4.67. The normalized spacial score (nSPS) is 11.8. The molecule has 20 heavy (non-hydrogen) atoms. The standard InChI is InChI=1S/C10H10N6O4/c11-8(9(17)20-10-12-14-15-13-10)5-6-1-3-7(4-2-6)16(18)19/h1-4,8H,5,11H2,(H,12,13,14,15)/t8-/m0/s1. The molecule has 0 bridgehead atoms. The molecule has 2 aromatic rings. The van der Waals surface area contributed by atoms with Crippen LogP contribution in [0.5, 0.6) is 6.01 Å². The number of hydrogen-bond donors (Lipinski definition) is 2. The van der Waals surface area contributed by atoms with Gasteiger partial charge >= 0.3 is 12.0 Å². The third-order valence-electron chi connectivity index (χ3n) is 2.43. The van der Waals surface area contributed by atoms with Crippen molar-refractivity contribution >= 4 is 11.7 Å². The number of tetrazole rings is 1. The van der Waals surface area contributed by atoms with Crippen molar-refractivity contribution in [3.63, 3.8) is 0 Å². The molecule has 1 heterocycles. The predicted molar refractivity (Wildman–Crippen MR) is 64.6 cm³/mol. The van der Waals surface area contributed by atoms with Crippen LogP contribution in [0.3, 0.4) is 0 Å².